The molecule has 0 aliphatic carbocycles. The molecule has 88 valence electrons. The lowest BCUT2D eigenvalue weighted by atomic mass is 9.94. The number of benzene rings is 1. The number of aryl methyl sites for hydroxylation is 1. The molecule has 0 atom stereocenters. The van der Waals surface area contributed by atoms with Crippen molar-refractivity contribution in [3.8, 4) is 17.2 Å². The second-order valence-electron chi connectivity index (χ2n) is 4.65. The number of hydrogen-bond acceptors (Lipinski definition) is 3. The minimum Gasteiger partial charge on any atom is -0.493 e. The van der Waals surface area contributed by atoms with Gasteiger partial charge in [0.05, 0.1) is 14.2 Å². The summed E-state index contributed by atoms with van der Waals surface area (Å²) in [5.41, 5.74) is 1.06. The fourth-order valence-electron chi connectivity index (χ4n) is 2.01. The van der Waals surface area contributed by atoms with E-state index in [2.05, 4.69) is 13.8 Å². The highest BCUT2D eigenvalue weighted by atomic mass is 16.5. The maximum atomic E-state index is 5.98. The number of fused-ring (bicyclic) bond motifs is 1. The van der Waals surface area contributed by atoms with Gasteiger partial charge in [0.2, 0.25) is 5.75 Å². The highest BCUT2D eigenvalue weighted by Crippen LogP contribution is 2.45. The molecule has 1 heterocycles. The summed E-state index contributed by atoms with van der Waals surface area (Å²) in [6, 6.07) is 3.98. The Labute approximate surface area is 96.3 Å². The second kappa shape index (κ2) is 3.89. The van der Waals surface area contributed by atoms with E-state index in [9.17, 15) is 0 Å². The van der Waals surface area contributed by atoms with Crippen LogP contribution >= 0.6 is 0 Å². The molecule has 16 heavy (non-hydrogen) atoms. The van der Waals surface area contributed by atoms with E-state index in [0.29, 0.717) is 5.75 Å². The zero-order chi connectivity index (χ0) is 11.8. The maximum absolute atomic E-state index is 5.98. The molecular formula is C13H18O3. The third kappa shape index (κ3) is 1.82. The van der Waals surface area contributed by atoms with Crippen molar-refractivity contribution in [3.05, 3.63) is 17.7 Å². The molecule has 1 aromatic rings. The first-order chi connectivity index (χ1) is 7.57. The molecule has 3 heteroatoms. The first-order valence-electron chi connectivity index (χ1n) is 5.50. The van der Waals surface area contributed by atoms with Crippen molar-refractivity contribution in [3.63, 3.8) is 0 Å². The average Bonchev–Trinajstić information content (AvgIpc) is 2.26. The molecule has 1 aliphatic rings. The third-order valence-corrected chi connectivity index (χ3v) is 2.96. The smallest absolute Gasteiger partial charge is 0.203 e. The van der Waals surface area contributed by atoms with Crippen LogP contribution < -0.4 is 14.2 Å². The van der Waals surface area contributed by atoms with Gasteiger partial charge >= 0.3 is 0 Å². The molecule has 0 spiro atoms. The van der Waals surface area contributed by atoms with Crippen molar-refractivity contribution >= 4 is 0 Å². The SMILES string of the molecule is COc1ccc2c(c1OC)OC(C)(C)CC2. The largest absolute Gasteiger partial charge is 0.493 e. The van der Waals surface area contributed by atoms with E-state index in [-0.39, 0.29) is 5.60 Å². The Balaban J connectivity index is 2.50. The van der Waals surface area contributed by atoms with Crippen molar-refractivity contribution in [1.82, 2.24) is 0 Å². The number of rotatable bonds is 2. The van der Waals surface area contributed by atoms with Crippen LogP contribution in [0.5, 0.6) is 17.2 Å². The van der Waals surface area contributed by atoms with Gasteiger partial charge in [0.25, 0.3) is 0 Å². The van der Waals surface area contributed by atoms with Crippen LogP contribution in [-0.4, -0.2) is 19.8 Å². The third-order valence-electron chi connectivity index (χ3n) is 2.96. The summed E-state index contributed by atoms with van der Waals surface area (Å²) in [5, 5.41) is 0. The molecule has 0 saturated heterocycles. The van der Waals surface area contributed by atoms with E-state index in [4.69, 9.17) is 14.2 Å². The molecule has 0 radical (unpaired) electrons. The van der Waals surface area contributed by atoms with Crippen LogP contribution in [0.25, 0.3) is 0 Å². The Kier molecular flexibility index (Phi) is 2.70. The summed E-state index contributed by atoms with van der Waals surface area (Å²) in [5.74, 6) is 2.25. The van der Waals surface area contributed by atoms with Gasteiger partial charge in [-0.05, 0) is 38.3 Å². The summed E-state index contributed by atoms with van der Waals surface area (Å²) < 4.78 is 16.6. The zero-order valence-corrected chi connectivity index (χ0v) is 10.3. The van der Waals surface area contributed by atoms with Gasteiger partial charge in [-0.2, -0.15) is 0 Å². The van der Waals surface area contributed by atoms with Gasteiger partial charge in [-0.3, -0.25) is 0 Å². The molecule has 1 aliphatic heterocycles. The molecule has 0 N–H and O–H groups in total. The fraction of sp³-hybridized carbons (Fsp3) is 0.538. The van der Waals surface area contributed by atoms with E-state index in [1.807, 2.05) is 12.1 Å². The number of methoxy groups -OCH3 is 2. The van der Waals surface area contributed by atoms with Crippen molar-refractivity contribution in [2.24, 2.45) is 0 Å². The monoisotopic (exact) mass is 222 g/mol. The van der Waals surface area contributed by atoms with Gasteiger partial charge < -0.3 is 14.2 Å². The van der Waals surface area contributed by atoms with Gasteiger partial charge in [0.1, 0.15) is 5.60 Å². The molecule has 0 aromatic heterocycles. The highest BCUT2D eigenvalue weighted by Gasteiger charge is 2.30. The molecule has 1 aromatic carbocycles. The molecule has 0 amide bonds. The summed E-state index contributed by atoms with van der Waals surface area (Å²) in [7, 11) is 3.28. The molecule has 0 bridgehead atoms. The van der Waals surface area contributed by atoms with Gasteiger partial charge in [0.15, 0.2) is 11.5 Å². The van der Waals surface area contributed by atoms with E-state index < -0.39 is 0 Å². The Bertz CT molecular complexity index is 396. The molecule has 0 saturated carbocycles. The summed E-state index contributed by atoms with van der Waals surface area (Å²) in [6.07, 6.45) is 2.04. The molecule has 0 unspecified atom stereocenters. The average molecular weight is 222 g/mol. The van der Waals surface area contributed by atoms with Gasteiger partial charge in [-0.25, -0.2) is 0 Å². The van der Waals surface area contributed by atoms with Crippen molar-refractivity contribution < 1.29 is 14.2 Å². The zero-order valence-electron chi connectivity index (χ0n) is 10.3. The normalized spacial score (nSPS) is 17.2. The lowest BCUT2D eigenvalue weighted by molar-refractivity contribution is 0.0797. The van der Waals surface area contributed by atoms with E-state index >= 15 is 0 Å². The standard InChI is InChI=1S/C13H18O3/c1-13(2)8-7-9-5-6-10(14-3)12(15-4)11(9)16-13/h5-6H,7-8H2,1-4H3. The van der Waals surface area contributed by atoms with Gasteiger partial charge in [0, 0.05) is 0 Å². The Hall–Kier alpha value is -1.38. The van der Waals surface area contributed by atoms with Crippen molar-refractivity contribution in [1.29, 1.82) is 0 Å². The Morgan fingerprint density at radius 1 is 1.19 bits per heavy atom. The summed E-state index contributed by atoms with van der Waals surface area (Å²) in [6.45, 7) is 4.18. The quantitative estimate of drug-likeness (QED) is 0.770. The minimum absolute atomic E-state index is 0.132. The molecule has 3 nitrogen and oxygen atoms in total. The lowest BCUT2D eigenvalue weighted by Crippen LogP contribution is -2.32. The van der Waals surface area contributed by atoms with Crippen molar-refractivity contribution in [2.45, 2.75) is 32.3 Å². The number of hydrogen-bond donors (Lipinski definition) is 0. The van der Waals surface area contributed by atoms with Crippen LogP contribution in [0.2, 0.25) is 0 Å². The topological polar surface area (TPSA) is 27.7 Å². The van der Waals surface area contributed by atoms with Crippen LogP contribution in [0.3, 0.4) is 0 Å². The van der Waals surface area contributed by atoms with Crippen LogP contribution in [0, 0.1) is 0 Å². The predicted octanol–water partition coefficient (Wildman–Crippen LogP) is 2.81. The second-order valence-corrected chi connectivity index (χ2v) is 4.65. The van der Waals surface area contributed by atoms with Gasteiger partial charge in [-0.1, -0.05) is 6.07 Å². The Morgan fingerprint density at radius 3 is 2.56 bits per heavy atom. The summed E-state index contributed by atoms with van der Waals surface area (Å²) in [4.78, 5) is 0. The van der Waals surface area contributed by atoms with Crippen LogP contribution in [-0.2, 0) is 6.42 Å². The van der Waals surface area contributed by atoms with E-state index in [1.165, 1.54) is 5.56 Å². The van der Waals surface area contributed by atoms with E-state index in [1.54, 1.807) is 14.2 Å². The first-order valence-corrected chi connectivity index (χ1v) is 5.50. The molecular weight excluding hydrogens is 204 g/mol. The summed E-state index contributed by atoms with van der Waals surface area (Å²) >= 11 is 0. The van der Waals surface area contributed by atoms with Crippen molar-refractivity contribution in [2.75, 3.05) is 14.2 Å². The maximum Gasteiger partial charge on any atom is 0.203 e. The minimum atomic E-state index is -0.132. The van der Waals surface area contributed by atoms with Gasteiger partial charge in [-0.15, -0.1) is 0 Å². The van der Waals surface area contributed by atoms with Crippen LogP contribution in [0.4, 0.5) is 0 Å². The fourth-order valence-corrected chi connectivity index (χ4v) is 2.01. The first kappa shape index (κ1) is 11.1. The molecule has 2 rings (SSSR count). The molecule has 0 fully saturated rings. The van der Waals surface area contributed by atoms with Crippen LogP contribution in [0.15, 0.2) is 12.1 Å². The number of ether oxygens (including phenoxy) is 3. The van der Waals surface area contributed by atoms with E-state index in [0.717, 1.165) is 24.3 Å². The Morgan fingerprint density at radius 2 is 1.94 bits per heavy atom. The highest BCUT2D eigenvalue weighted by molar-refractivity contribution is 5.56. The predicted molar refractivity (Wildman–Crippen MR) is 62.6 cm³/mol. The van der Waals surface area contributed by atoms with Crippen LogP contribution in [0.1, 0.15) is 25.8 Å². The lowest BCUT2D eigenvalue weighted by Gasteiger charge is -2.33.